The number of nitrogens with two attached hydrogens (primary N) is 1. The Morgan fingerprint density at radius 2 is 1.92 bits per heavy atom. The first-order valence-electron chi connectivity index (χ1n) is 3.71. The van der Waals surface area contributed by atoms with Crippen LogP contribution < -0.4 is 5.73 Å². The maximum atomic E-state index is 12.1. The average Bonchev–Trinajstić information content (AvgIpc) is 2.03. The van der Waals surface area contributed by atoms with Crippen molar-refractivity contribution in [1.82, 2.24) is 0 Å². The van der Waals surface area contributed by atoms with Gasteiger partial charge in [0.05, 0.1) is 6.04 Å². The third kappa shape index (κ3) is 3.28. The van der Waals surface area contributed by atoms with Gasteiger partial charge in [0.25, 0.3) is 6.43 Å². The number of hydrogen-bond acceptors (Lipinski definition) is 1. The van der Waals surface area contributed by atoms with E-state index in [1.54, 1.807) is 18.2 Å². The Morgan fingerprint density at radius 1 is 1.31 bits per heavy atom. The second kappa shape index (κ2) is 5.14. The summed E-state index contributed by atoms with van der Waals surface area (Å²) >= 11 is 0. The molecule has 1 rings (SSSR count). The molecule has 4 heteroatoms. The zero-order valence-corrected chi connectivity index (χ0v) is 8.02. The van der Waals surface area contributed by atoms with E-state index in [4.69, 9.17) is 5.73 Å². The van der Waals surface area contributed by atoms with Gasteiger partial charge in [-0.15, -0.1) is 12.4 Å². The minimum Gasteiger partial charge on any atom is -0.319 e. The summed E-state index contributed by atoms with van der Waals surface area (Å²) in [6.45, 7) is 1.85. The van der Waals surface area contributed by atoms with Crippen LogP contribution in [0.3, 0.4) is 0 Å². The maximum absolute atomic E-state index is 12.1. The van der Waals surface area contributed by atoms with Gasteiger partial charge < -0.3 is 5.73 Å². The summed E-state index contributed by atoms with van der Waals surface area (Å²) in [6.07, 6.45) is -2.49. The summed E-state index contributed by atoms with van der Waals surface area (Å²) in [5, 5.41) is 0. The Balaban J connectivity index is 0.00000144. The molecule has 0 amide bonds. The van der Waals surface area contributed by atoms with Gasteiger partial charge in [-0.05, 0) is 12.5 Å². The van der Waals surface area contributed by atoms with Crippen molar-refractivity contribution >= 4 is 12.4 Å². The van der Waals surface area contributed by atoms with Crippen molar-refractivity contribution in [3.8, 4) is 0 Å². The summed E-state index contributed by atoms with van der Waals surface area (Å²) in [5.41, 5.74) is 6.70. The standard InChI is InChI=1S/C9H11F2N.ClH/c1-6-3-2-4-7(5-6)8(12)9(10)11;/h2-5,8-9H,12H2,1H3;1H/t8-;/m1./s1. The minimum absolute atomic E-state index is 0. The predicted molar refractivity (Wildman–Crippen MR) is 51.4 cm³/mol. The molecule has 0 aliphatic rings. The van der Waals surface area contributed by atoms with Crippen LogP contribution in [0.2, 0.25) is 0 Å². The average molecular weight is 208 g/mol. The minimum atomic E-state index is -2.49. The molecule has 74 valence electrons. The SMILES string of the molecule is Cc1cccc([C@@H](N)C(F)F)c1.Cl. The number of halogens is 3. The van der Waals surface area contributed by atoms with Crippen LogP contribution in [0, 0.1) is 6.92 Å². The van der Waals surface area contributed by atoms with E-state index in [-0.39, 0.29) is 12.4 Å². The fourth-order valence-corrected chi connectivity index (χ4v) is 1.02. The van der Waals surface area contributed by atoms with Gasteiger partial charge in [-0.2, -0.15) is 0 Å². The number of hydrogen-bond donors (Lipinski definition) is 1. The molecule has 0 aliphatic carbocycles. The second-order valence-electron chi connectivity index (χ2n) is 2.77. The highest BCUT2D eigenvalue weighted by atomic mass is 35.5. The molecule has 2 N–H and O–H groups in total. The predicted octanol–water partition coefficient (Wildman–Crippen LogP) is 2.68. The molecular weight excluding hydrogens is 196 g/mol. The molecular formula is C9H12ClF2N. The molecule has 0 heterocycles. The van der Waals surface area contributed by atoms with Gasteiger partial charge in [0, 0.05) is 0 Å². The molecule has 0 saturated carbocycles. The van der Waals surface area contributed by atoms with Crippen molar-refractivity contribution in [3.63, 3.8) is 0 Å². The summed E-state index contributed by atoms with van der Waals surface area (Å²) in [4.78, 5) is 0. The van der Waals surface area contributed by atoms with Gasteiger partial charge in [0.1, 0.15) is 0 Å². The van der Waals surface area contributed by atoms with Crippen LogP contribution in [0.25, 0.3) is 0 Å². The zero-order valence-electron chi connectivity index (χ0n) is 7.21. The van der Waals surface area contributed by atoms with Gasteiger partial charge in [-0.3, -0.25) is 0 Å². The Kier molecular flexibility index (Phi) is 4.88. The van der Waals surface area contributed by atoms with Crippen molar-refractivity contribution in [2.24, 2.45) is 5.73 Å². The molecule has 13 heavy (non-hydrogen) atoms. The van der Waals surface area contributed by atoms with E-state index in [1.807, 2.05) is 13.0 Å². The number of aryl methyl sites for hydroxylation is 1. The van der Waals surface area contributed by atoms with Crippen molar-refractivity contribution in [1.29, 1.82) is 0 Å². The van der Waals surface area contributed by atoms with Gasteiger partial charge in [0.15, 0.2) is 0 Å². The lowest BCUT2D eigenvalue weighted by Gasteiger charge is -2.10. The highest BCUT2D eigenvalue weighted by Crippen LogP contribution is 2.18. The topological polar surface area (TPSA) is 26.0 Å². The molecule has 0 bridgehead atoms. The van der Waals surface area contributed by atoms with Crippen molar-refractivity contribution in [2.45, 2.75) is 19.4 Å². The number of benzene rings is 1. The zero-order chi connectivity index (χ0) is 9.14. The van der Waals surface area contributed by atoms with E-state index >= 15 is 0 Å². The lowest BCUT2D eigenvalue weighted by Crippen LogP contribution is -2.18. The quantitative estimate of drug-likeness (QED) is 0.793. The van der Waals surface area contributed by atoms with E-state index in [2.05, 4.69) is 0 Å². The summed E-state index contributed by atoms with van der Waals surface area (Å²) in [5.74, 6) is 0. The van der Waals surface area contributed by atoms with Crippen LogP contribution in [-0.4, -0.2) is 6.43 Å². The summed E-state index contributed by atoms with van der Waals surface area (Å²) < 4.78 is 24.2. The van der Waals surface area contributed by atoms with E-state index in [9.17, 15) is 8.78 Å². The Hall–Kier alpha value is -0.670. The largest absolute Gasteiger partial charge is 0.319 e. The summed E-state index contributed by atoms with van der Waals surface area (Å²) in [6, 6.07) is 5.71. The molecule has 0 aliphatic heterocycles. The van der Waals surface area contributed by atoms with E-state index < -0.39 is 12.5 Å². The first-order chi connectivity index (χ1) is 5.61. The van der Waals surface area contributed by atoms with Crippen molar-refractivity contribution in [3.05, 3.63) is 35.4 Å². The van der Waals surface area contributed by atoms with E-state index in [0.717, 1.165) is 5.56 Å². The number of alkyl halides is 2. The fourth-order valence-electron chi connectivity index (χ4n) is 1.02. The molecule has 0 radical (unpaired) electrons. The fraction of sp³-hybridized carbons (Fsp3) is 0.333. The first-order valence-corrected chi connectivity index (χ1v) is 3.71. The molecule has 0 unspecified atom stereocenters. The molecule has 1 aromatic carbocycles. The van der Waals surface area contributed by atoms with Gasteiger partial charge >= 0.3 is 0 Å². The van der Waals surface area contributed by atoms with Crippen LogP contribution in [-0.2, 0) is 0 Å². The van der Waals surface area contributed by atoms with Gasteiger partial charge in [-0.1, -0.05) is 29.8 Å². The monoisotopic (exact) mass is 207 g/mol. The Labute approximate surface area is 82.4 Å². The van der Waals surface area contributed by atoms with Crippen molar-refractivity contribution < 1.29 is 8.78 Å². The molecule has 0 fully saturated rings. The van der Waals surface area contributed by atoms with E-state index in [0.29, 0.717) is 5.56 Å². The van der Waals surface area contributed by atoms with Crippen LogP contribution in [0.4, 0.5) is 8.78 Å². The smallest absolute Gasteiger partial charge is 0.257 e. The number of rotatable bonds is 2. The molecule has 1 nitrogen and oxygen atoms in total. The lowest BCUT2D eigenvalue weighted by molar-refractivity contribution is 0.116. The normalized spacial score (nSPS) is 12.4. The van der Waals surface area contributed by atoms with Crippen LogP contribution in [0.5, 0.6) is 0 Å². The third-order valence-corrected chi connectivity index (χ3v) is 1.70. The molecule has 0 spiro atoms. The molecule has 0 saturated heterocycles. The highest BCUT2D eigenvalue weighted by Gasteiger charge is 2.16. The first kappa shape index (κ1) is 12.3. The van der Waals surface area contributed by atoms with Gasteiger partial charge in [-0.25, -0.2) is 8.78 Å². The third-order valence-electron chi connectivity index (χ3n) is 1.70. The maximum Gasteiger partial charge on any atom is 0.257 e. The van der Waals surface area contributed by atoms with Crippen LogP contribution in [0.1, 0.15) is 17.2 Å². The lowest BCUT2D eigenvalue weighted by atomic mass is 10.1. The van der Waals surface area contributed by atoms with Crippen LogP contribution >= 0.6 is 12.4 Å². The Morgan fingerprint density at radius 3 is 2.38 bits per heavy atom. The summed E-state index contributed by atoms with van der Waals surface area (Å²) in [7, 11) is 0. The molecule has 1 aromatic rings. The van der Waals surface area contributed by atoms with Gasteiger partial charge in [0.2, 0.25) is 0 Å². The Bertz CT molecular complexity index is 266. The van der Waals surface area contributed by atoms with E-state index in [1.165, 1.54) is 0 Å². The molecule has 0 aromatic heterocycles. The van der Waals surface area contributed by atoms with Crippen LogP contribution in [0.15, 0.2) is 24.3 Å². The molecule has 1 atom stereocenters. The second-order valence-corrected chi connectivity index (χ2v) is 2.77. The highest BCUT2D eigenvalue weighted by molar-refractivity contribution is 5.85. The van der Waals surface area contributed by atoms with Crippen molar-refractivity contribution in [2.75, 3.05) is 0 Å².